The van der Waals surface area contributed by atoms with E-state index in [1.54, 1.807) is 7.11 Å². The number of methoxy groups -OCH3 is 1. The van der Waals surface area contributed by atoms with E-state index in [0.717, 1.165) is 27.9 Å². The van der Waals surface area contributed by atoms with Crippen LogP contribution in [0.25, 0.3) is 10.9 Å². The van der Waals surface area contributed by atoms with E-state index in [9.17, 15) is 9.90 Å². The van der Waals surface area contributed by atoms with E-state index in [1.807, 2.05) is 24.5 Å². The Morgan fingerprint density at radius 3 is 2.45 bits per heavy atom. The van der Waals surface area contributed by atoms with Crippen LogP contribution in [0.15, 0.2) is 12.1 Å². The average molecular weight is 283 g/mol. The molecule has 0 aliphatic carbocycles. The van der Waals surface area contributed by atoms with E-state index in [2.05, 4.69) is 13.0 Å². The number of hydrogen-bond donors (Lipinski definition) is 0. The van der Waals surface area contributed by atoms with E-state index < -0.39 is 5.97 Å². The van der Waals surface area contributed by atoms with Gasteiger partial charge in [-0.15, -0.1) is 0 Å². The zero-order valence-corrected chi connectivity index (χ0v) is 14.7. The van der Waals surface area contributed by atoms with Crippen molar-refractivity contribution in [3.05, 3.63) is 29.0 Å². The summed E-state index contributed by atoms with van der Waals surface area (Å²) in [6.07, 6.45) is 0.0137. The summed E-state index contributed by atoms with van der Waals surface area (Å²) < 4.78 is 7.38. The van der Waals surface area contributed by atoms with Crippen molar-refractivity contribution in [2.45, 2.75) is 33.7 Å². The third-order valence-corrected chi connectivity index (χ3v) is 3.71. The molecule has 20 heavy (non-hydrogen) atoms. The second-order valence-electron chi connectivity index (χ2n) is 4.82. The van der Waals surface area contributed by atoms with Gasteiger partial charge < -0.3 is 19.2 Å². The van der Waals surface area contributed by atoms with Crippen molar-refractivity contribution in [1.82, 2.24) is 4.57 Å². The minimum atomic E-state index is -1.03. The van der Waals surface area contributed by atoms with Crippen LogP contribution in [-0.2, 0) is 11.3 Å². The maximum atomic E-state index is 10.6. The molecule has 1 heterocycles. The van der Waals surface area contributed by atoms with Crippen molar-refractivity contribution in [3.8, 4) is 5.75 Å². The van der Waals surface area contributed by atoms with Gasteiger partial charge in [-0.3, -0.25) is 0 Å². The monoisotopic (exact) mass is 283 g/mol. The van der Waals surface area contributed by atoms with Gasteiger partial charge >= 0.3 is 29.6 Å². The number of ether oxygens (including phenoxy) is 1. The summed E-state index contributed by atoms with van der Waals surface area (Å²) in [5, 5.41) is 11.8. The van der Waals surface area contributed by atoms with Gasteiger partial charge in [-0.2, -0.15) is 0 Å². The van der Waals surface area contributed by atoms with Gasteiger partial charge in [-0.25, -0.2) is 0 Å². The summed E-state index contributed by atoms with van der Waals surface area (Å²) in [6.45, 7) is 6.49. The Morgan fingerprint density at radius 1 is 1.25 bits per heavy atom. The summed E-state index contributed by atoms with van der Waals surface area (Å²) in [4.78, 5) is 10.6. The molecular weight excluding hydrogens is 265 g/mol. The number of carboxylic acids is 1. The fourth-order valence-corrected chi connectivity index (χ4v) is 2.48. The minimum Gasteiger partial charge on any atom is -0.550 e. The van der Waals surface area contributed by atoms with E-state index in [-0.39, 0.29) is 36.0 Å². The van der Waals surface area contributed by atoms with Gasteiger partial charge in [0.2, 0.25) is 0 Å². The maximum Gasteiger partial charge on any atom is 1.00 e. The molecule has 0 N–H and O–H groups in total. The number of aryl methyl sites for hydroxylation is 3. The first-order chi connectivity index (χ1) is 8.95. The molecule has 4 nitrogen and oxygen atoms in total. The fourth-order valence-electron chi connectivity index (χ4n) is 2.48. The van der Waals surface area contributed by atoms with Crippen molar-refractivity contribution in [3.63, 3.8) is 0 Å². The Labute approximate surface area is 141 Å². The predicted octanol–water partition coefficient (Wildman–Crippen LogP) is -1.28. The molecule has 0 atom stereocenters. The van der Waals surface area contributed by atoms with Crippen molar-refractivity contribution in [2.75, 3.05) is 7.11 Å². The fraction of sp³-hybridized carbons (Fsp3) is 0.400. The number of carbonyl (C=O) groups is 1. The second-order valence-corrected chi connectivity index (χ2v) is 4.82. The molecule has 0 aliphatic rings. The van der Waals surface area contributed by atoms with Crippen molar-refractivity contribution in [2.24, 2.45) is 0 Å². The zero-order valence-electron chi connectivity index (χ0n) is 12.7. The van der Waals surface area contributed by atoms with Crippen LogP contribution in [0.3, 0.4) is 0 Å². The Bertz CT molecular complexity index is 646. The number of benzene rings is 1. The molecule has 0 fully saturated rings. The maximum absolute atomic E-state index is 10.6. The Hall–Kier alpha value is -0.970. The first-order valence-electron chi connectivity index (χ1n) is 6.29. The van der Waals surface area contributed by atoms with Crippen LogP contribution < -0.4 is 39.4 Å². The summed E-state index contributed by atoms with van der Waals surface area (Å²) in [7, 11) is 1.65. The molecule has 0 bridgehead atoms. The van der Waals surface area contributed by atoms with Crippen molar-refractivity contribution in [1.29, 1.82) is 0 Å². The quantitative estimate of drug-likeness (QED) is 0.657. The van der Waals surface area contributed by atoms with Crippen LogP contribution in [0.2, 0.25) is 0 Å². The first kappa shape index (κ1) is 17.1. The molecule has 0 saturated carbocycles. The van der Waals surface area contributed by atoms with Crippen LogP contribution in [0.1, 0.15) is 23.2 Å². The van der Waals surface area contributed by atoms with Gasteiger partial charge in [0.1, 0.15) is 5.75 Å². The van der Waals surface area contributed by atoms with E-state index >= 15 is 0 Å². The summed E-state index contributed by atoms with van der Waals surface area (Å²) in [5.41, 5.74) is 4.35. The third kappa shape index (κ3) is 3.03. The molecule has 2 aromatic rings. The second kappa shape index (κ2) is 6.66. The standard InChI is InChI=1S/C15H19NO3.Na/c1-9-7-12-10(2)11(3)14(19-4)8-13(12)16(9)6-5-15(17)18;/h7-8H,5-6H2,1-4H3,(H,17,18);/q;+1/p-1. The number of aromatic nitrogens is 1. The summed E-state index contributed by atoms with van der Waals surface area (Å²) >= 11 is 0. The van der Waals surface area contributed by atoms with Crippen LogP contribution in [0, 0.1) is 20.8 Å². The number of fused-ring (bicyclic) bond motifs is 1. The Balaban J connectivity index is 0.00000200. The molecule has 0 unspecified atom stereocenters. The van der Waals surface area contributed by atoms with Crippen LogP contribution >= 0.6 is 0 Å². The average Bonchev–Trinajstić information content (AvgIpc) is 2.67. The SMILES string of the molecule is COc1cc2c(cc(C)n2CCC(=O)[O-])c(C)c1C.[Na+]. The molecule has 102 valence electrons. The Kier molecular flexibility index (Phi) is 5.68. The molecular formula is C15H18NNaO3. The number of carbonyl (C=O) groups excluding carboxylic acids is 1. The number of carboxylic acid groups (broad SMARTS) is 1. The molecule has 0 spiro atoms. The van der Waals surface area contributed by atoms with Crippen LogP contribution in [0.4, 0.5) is 0 Å². The van der Waals surface area contributed by atoms with Gasteiger partial charge in [-0.05, 0) is 38.0 Å². The normalized spacial score (nSPS) is 10.4. The van der Waals surface area contributed by atoms with Crippen molar-refractivity contribution < 1.29 is 44.2 Å². The van der Waals surface area contributed by atoms with Gasteiger partial charge in [-0.1, -0.05) is 0 Å². The predicted molar refractivity (Wildman–Crippen MR) is 72.3 cm³/mol. The van der Waals surface area contributed by atoms with E-state index in [4.69, 9.17) is 4.74 Å². The molecule has 0 aliphatic heterocycles. The minimum absolute atomic E-state index is 0. The van der Waals surface area contributed by atoms with Crippen molar-refractivity contribution >= 4 is 16.9 Å². The molecule has 0 saturated heterocycles. The summed E-state index contributed by atoms with van der Waals surface area (Å²) in [6, 6.07) is 4.06. The van der Waals surface area contributed by atoms with Gasteiger partial charge in [0.05, 0.1) is 12.6 Å². The van der Waals surface area contributed by atoms with Gasteiger partial charge in [0.15, 0.2) is 0 Å². The largest absolute Gasteiger partial charge is 1.00 e. The van der Waals surface area contributed by atoms with Gasteiger partial charge in [0.25, 0.3) is 0 Å². The smallest absolute Gasteiger partial charge is 0.550 e. The topological polar surface area (TPSA) is 54.3 Å². The molecule has 1 aromatic heterocycles. The molecule has 0 radical (unpaired) electrons. The Morgan fingerprint density at radius 2 is 1.90 bits per heavy atom. The van der Waals surface area contributed by atoms with Crippen LogP contribution in [0.5, 0.6) is 5.75 Å². The van der Waals surface area contributed by atoms with E-state index in [1.165, 1.54) is 5.56 Å². The number of nitrogens with zero attached hydrogens (tertiary/aromatic N) is 1. The first-order valence-corrected chi connectivity index (χ1v) is 6.29. The summed E-state index contributed by atoms with van der Waals surface area (Å²) in [5.74, 6) is -0.199. The van der Waals surface area contributed by atoms with E-state index in [0.29, 0.717) is 6.54 Å². The number of aliphatic carboxylic acids is 1. The molecule has 2 rings (SSSR count). The van der Waals surface area contributed by atoms with Gasteiger partial charge in [0, 0.05) is 36.1 Å². The number of hydrogen-bond acceptors (Lipinski definition) is 3. The molecule has 1 aromatic carbocycles. The third-order valence-electron chi connectivity index (χ3n) is 3.71. The zero-order chi connectivity index (χ0) is 14.2. The molecule has 5 heteroatoms. The molecule has 0 amide bonds. The van der Waals surface area contributed by atoms with Crippen LogP contribution in [-0.4, -0.2) is 17.6 Å². The number of rotatable bonds is 4.